The van der Waals surface area contributed by atoms with Crippen LogP contribution in [0.1, 0.15) is 27.8 Å². The Bertz CT molecular complexity index is 2080. The molecule has 0 aromatic heterocycles. The lowest BCUT2D eigenvalue weighted by Gasteiger charge is -2.20. The minimum absolute atomic E-state index is 0.0220. The molecule has 6 aromatic rings. The van der Waals surface area contributed by atoms with Crippen LogP contribution in [0.4, 0.5) is 4.79 Å². The number of benzene rings is 6. The molecule has 6 aromatic carbocycles. The van der Waals surface area contributed by atoms with E-state index in [1.165, 1.54) is 4.90 Å². The highest BCUT2D eigenvalue weighted by molar-refractivity contribution is 8.18. The van der Waals surface area contributed by atoms with E-state index in [1.807, 2.05) is 158 Å². The molecule has 0 bridgehead atoms. The van der Waals surface area contributed by atoms with Crippen molar-refractivity contribution in [2.45, 2.75) is 26.4 Å². The molecule has 7 nitrogen and oxygen atoms in total. The smallest absolute Gasteiger partial charge is 0.293 e. The molecule has 2 amide bonds. The van der Waals surface area contributed by atoms with Gasteiger partial charge in [-0.1, -0.05) is 121 Å². The number of hydrogen-bond donors (Lipinski definition) is 0. The third-order valence-corrected chi connectivity index (χ3v) is 9.06. The second kappa shape index (κ2) is 16.6. The Balaban J connectivity index is 1.15. The first kappa shape index (κ1) is 34.2. The number of carbonyl (C=O) groups excluding carboxylic acids is 2. The zero-order valence-electron chi connectivity index (χ0n) is 28.2. The molecule has 1 saturated heterocycles. The van der Waals surface area contributed by atoms with Crippen molar-refractivity contribution in [3.8, 4) is 28.7 Å². The number of rotatable bonds is 14. The number of thioether (sulfide) groups is 1. The fraction of sp³-hybridized carbons (Fsp3) is 0.0909. The van der Waals surface area contributed by atoms with Crippen LogP contribution in [0.2, 0.25) is 0 Å². The molecule has 0 spiro atoms. The fourth-order valence-corrected chi connectivity index (χ4v) is 6.34. The highest BCUT2D eigenvalue weighted by atomic mass is 32.2. The number of carbonyl (C=O) groups is 2. The van der Waals surface area contributed by atoms with Crippen LogP contribution in [0, 0.1) is 0 Å². The van der Waals surface area contributed by atoms with Crippen LogP contribution >= 0.6 is 11.8 Å². The minimum atomic E-state index is -0.373. The molecule has 0 atom stereocenters. The first-order valence-electron chi connectivity index (χ1n) is 16.8. The summed E-state index contributed by atoms with van der Waals surface area (Å²) in [5, 5.41) is -0.358. The first-order chi connectivity index (χ1) is 25.6. The van der Waals surface area contributed by atoms with Crippen LogP contribution in [-0.4, -0.2) is 16.0 Å². The lowest BCUT2D eigenvalue weighted by atomic mass is 10.1. The lowest BCUT2D eigenvalue weighted by molar-refractivity contribution is -0.123. The molecule has 1 aliphatic heterocycles. The van der Waals surface area contributed by atoms with Gasteiger partial charge in [0.15, 0.2) is 11.5 Å². The average molecular weight is 706 g/mol. The van der Waals surface area contributed by atoms with E-state index in [9.17, 15) is 9.59 Å². The maximum Gasteiger partial charge on any atom is 0.293 e. The molecule has 8 heteroatoms. The van der Waals surface area contributed by atoms with Crippen molar-refractivity contribution in [3.05, 3.63) is 190 Å². The van der Waals surface area contributed by atoms with Crippen molar-refractivity contribution in [1.82, 2.24) is 4.90 Å². The number of nitrogens with zero attached hydrogens (tertiary/aromatic N) is 1. The van der Waals surface area contributed by atoms with Gasteiger partial charge in [0.05, 0.1) is 11.4 Å². The van der Waals surface area contributed by atoms with Crippen LogP contribution in [0.3, 0.4) is 0 Å². The Hall–Kier alpha value is -6.25. The third kappa shape index (κ3) is 8.91. The summed E-state index contributed by atoms with van der Waals surface area (Å²) in [6.07, 6.45) is 1.72. The molecule has 1 heterocycles. The van der Waals surface area contributed by atoms with Gasteiger partial charge in [0.1, 0.15) is 31.3 Å². The van der Waals surface area contributed by atoms with Gasteiger partial charge in [-0.2, -0.15) is 0 Å². The number of ether oxygens (including phenoxy) is 4. The highest BCUT2D eigenvalue weighted by Gasteiger charge is 2.35. The second-order valence-electron chi connectivity index (χ2n) is 12.0. The number of para-hydroxylation sites is 1. The fourth-order valence-electron chi connectivity index (χ4n) is 5.51. The van der Waals surface area contributed by atoms with Crippen LogP contribution in [0.5, 0.6) is 28.7 Å². The monoisotopic (exact) mass is 705 g/mol. The van der Waals surface area contributed by atoms with Gasteiger partial charge in [0, 0.05) is 0 Å². The van der Waals surface area contributed by atoms with E-state index in [2.05, 4.69) is 0 Å². The van der Waals surface area contributed by atoms with Crippen molar-refractivity contribution < 1.29 is 28.5 Å². The van der Waals surface area contributed by atoms with Crippen molar-refractivity contribution in [2.75, 3.05) is 0 Å². The van der Waals surface area contributed by atoms with Gasteiger partial charge in [-0.05, 0) is 82.1 Å². The molecule has 7 rings (SSSR count). The normalized spacial score (nSPS) is 13.3. The first-order valence-corrected chi connectivity index (χ1v) is 17.6. The molecule has 0 saturated carbocycles. The van der Waals surface area contributed by atoms with Crippen molar-refractivity contribution in [1.29, 1.82) is 0 Å². The van der Waals surface area contributed by atoms with Crippen molar-refractivity contribution in [3.63, 3.8) is 0 Å². The van der Waals surface area contributed by atoms with E-state index >= 15 is 0 Å². The molecule has 258 valence electrons. The molecule has 0 N–H and O–H groups in total. The Kier molecular flexibility index (Phi) is 10.9. The summed E-state index contributed by atoms with van der Waals surface area (Å²) in [6.45, 7) is 0.873. The molecule has 1 fully saturated rings. The zero-order chi connectivity index (χ0) is 35.5. The van der Waals surface area contributed by atoms with Gasteiger partial charge in [-0.3, -0.25) is 14.5 Å². The van der Waals surface area contributed by atoms with Crippen molar-refractivity contribution >= 4 is 29.0 Å². The predicted octanol–water partition coefficient (Wildman–Crippen LogP) is 10.5. The van der Waals surface area contributed by atoms with Crippen LogP contribution < -0.4 is 18.9 Å². The lowest BCUT2D eigenvalue weighted by Crippen LogP contribution is -2.27. The molecular weight excluding hydrogens is 671 g/mol. The second-order valence-corrected chi connectivity index (χ2v) is 13.0. The quantitative estimate of drug-likeness (QED) is 0.104. The maximum atomic E-state index is 13.7. The van der Waals surface area contributed by atoms with Gasteiger partial charge in [0.2, 0.25) is 5.75 Å². The summed E-state index contributed by atoms with van der Waals surface area (Å²) in [5.41, 5.74) is 4.37. The van der Waals surface area contributed by atoms with Crippen LogP contribution in [0.15, 0.2) is 163 Å². The summed E-state index contributed by atoms with van der Waals surface area (Å²) in [7, 11) is 0. The van der Waals surface area contributed by atoms with E-state index in [4.69, 9.17) is 18.9 Å². The van der Waals surface area contributed by atoms with Gasteiger partial charge in [-0.15, -0.1) is 0 Å². The SMILES string of the molecule is O=C1SC(=Cc2ccc(Oc3ccccc3)cc2)C(=O)N1Cc1cc(OCc2ccccc2)c(OCc2ccccc2)c(OCc2ccccc2)c1. The standard InChI is InChI=1S/C44H35NO6S/c46-43-41(27-32-21-23-38(24-22-32)51-37-19-11-4-12-20-37)52-44(47)45(43)28-36-25-39(48-29-33-13-5-1-6-14-33)42(50-31-35-17-9-3-10-18-35)40(26-36)49-30-34-15-7-2-8-16-34/h1-27H,28-31H2. The summed E-state index contributed by atoms with van der Waals surface area (Å²) in [6, 6.07) is 50.0. The van der Waals surface area contributed by atoms with E-state index in [0.29, 0.717) is 33.5 Å². The topological polar surface area (TPSA) is 74.3 Å². The summed E-state index contributed by atoms with van der Waals surface area (Å²) in [4.78, 5) is 28.5. The predicted molar refractivity (Wildman–Crippen MR) is 203 cm³/mol. The van der Waals surface area contributed by atoms with Crippen molar-refractivity contribution in [2.24, 2.45) is 0 Å². The van der Waals surface area contributed by atoms with Gasteiger partial charge >= 0.3 is 0 Å². The zero-order valence-corrected chi connectivity index (χ0v) is 29.0. The molecule has 52 heavy (non-hydrogen) atoms. The van der Waals surface area contributed by atoms with Gasteiger partial charge in [-0.25, -0.2) is 0 Å². The summed E-state index contributed by atoms with van der Waals surface area (Å²) < 4.78 is 25.1. The number of amides is 2. The molecular formula is C44H35NO6S. The molecule has 0 radical (unpaired) electrons. The maximum absolute atomic E-state index is 13.7. The van der Waals surface area contributed by atoms with E-state index in [0.717, 1.165) is 39.8 Å². The molecule has 0 unspecified atom stereocenters. The van der Waals surface area contributed by atoms with Crippen LogP contribution in [-0.2, 0) is 31.2 Å². The van der Waals surface area contributed by atoms with Gasteiger partial charge < -0.3 is 18.9 Å². The number of imide groups is 1. The third-order valence-electron chi connectivity index (χ3n) is 8.15. The summed E-state index contributed by atoms with van der Waals surface area (Å²) in [5.74, 6) is 2.36. The van der Waals surface area contributed by atoms with E-state index in [-0.39, 0.29) is 37.5 Å². The van der Waals surface area contributed by atoms with Crippen LogP contribution in [0.25, 0.3) is 6.08 Å². The van der Waals surface area contributed by atoms with E-state index in [1.54, 1.807) is 6.08 Å². The van der Waals surface area contributed by atoms with Gasteiger partial charge in [0.25, 0.3) is 11.1 Å². The highest BCUT2D eigenvalue weighted by Crippen LogP contribution is 2.42. The minimum Gasteiger partial charge on any atom is -0.485 e. The number of hydrogen-bond acceptors (Lipinski definition) is 7. The molecule has 1 aliphatic rings. The Morgan fingerprint density at radius 1 is 0.519 bits per heavy atom. The average Bonchev–Trinajstić information content (AvgIpc) is 3.45. The Morgan fingerprint density at radius 2 is 0.981 bits per heavy atom. The Labute approximate surface area is 307 Å². The largest absolute Gasteiger partial charge is 0.485 e. The van der Waals surface area contributed by atoms with E-state index < -0.39 is 0 Å². The Morgan fingerprint density at radius 3 is 1.50 bits per heavy atom. The molecule has 0 aliphatic carbocycles. The summed E-state index contributed by atoms with van der Waals surface area (Å²) >= 11 is 0.915.